The Labute approximate surface area is 103 Å². The number of aryl methyl sites for hydroxylation is 2. The standard InChI is InChI=1S/C14H22N2O/c1-11-15-13(14(10-17)16(11)2)9-8-12-6-4-3-5-7-12/h10,12H,3-9H2,1-2H3. The molecule has 1 aromatic heterocycles. The molecule has 0 spiro atoms. The highest BCUT2D eigenvalue weighted by atomic mass is 16.1. The third kappa shape index (κ3) is 2.76. The van der Waals surface area contributed by atoms with Crippen LogP contribution < -0.4 is 0 Å². The minimum absolute atomic E-state index is 0.762. The van der Waals surface area contributed by atoms with Gasteiger partial charge in [-0.1, -0.05) is 32.1 Å². The van der Waals surface area contributed by atoms with Gasteiger partial charge in [0.05, 0.1) is 5.69 Å². The van der Waals surface area contributed by atoms with Crippen molar-refractivity contribution in [3.05, 3.63) is 17.2 Å². The number of aldehydes is 1. The number of carbonyl (C=O) groups excluding carboxylic acids is 1. The molecule has 0 radical (unpaired) electrons. The highest BCUT2D eigenvalue weighted by Crippen LogP contribution is 2.27. The number of rotatable bonds is 4. The Hall–Kier alpha value is -1.12. The van der Waals surface area contributed by atoms with E-state index >= 15 is 0 Å². The quantitative estimate of drug-likeness (QED) is 0.750. The molecular formula is C14H22N2O. The summed E-state index contributed by atoms with van der Waals surface area (Å²) >= 11 is 0. The summed E-state index contributed by atoms with van der Waals surface area (Å²) in [5, 5.41) is 0. The third-order valence-corrected chi connectivity index (χ3v) is 4.06. The van der Waals surface area contributed by atoms with E-state index < -0.39 is 0 Å². The Morgan fingerprint density at radius 3 is 2.71 bits per heavy atom. The summed E-state index contributed by atoms with van der Waals surface area (Å²) < 4.78 is 1.89. The summed E-state index contributed by atoms with van der Waals surface area (Å²) in [6.45, 7) is 1.96. The third-order valence-electron chi connectivity index (χ3n) is 4.06. The maximum Gasteiger partial charge on any atom is 0.168 e. The van der Waals surface area contributed by atoms with Crippen LogP contribution in [0, 0.1) is 12.8 Å². The molecule has 94 valence electrons. The van der Waals surface area contributed by atoms with E-state index in [0.717, 1.165) is 35.8 Å². The molecule has 1 aliphatic carbocycles. The second-order valence-electron chi connectivity index (χ2n) is 5.21. The largest absolute Gasteiger partial charge is 0.329 e. The summed E-state index contributed by atoms with van der Waals surface area (Å²) in [5.74, 6) is 1.79. The van der Waals surface area contributed by atoms with Gasteiger partial charge in [-0.2, -0.15) is 0 Å². The van der Waals surface area contributed by atoms with Crippen molar-refractivity contribution in [3.63, 3.8) is 0 Å². The minimum atomic E-state index is 0.762. The predicted octanol–water partition coefficient (Wildman–Crippen LogP) is 3.05. The Bertz CT molecular complexity index is 389. The summed E-state index contributed by atoms with van der Waals surface area (Å²) in [6.07, 6.45) is 9.98. The molecule has 1 saturated carbocycles. The Kier molecular flexibility index (Phi) is 3.97. The maximum atomic E-state index is 11.1. The van der Waals surface area contributed by atoms with Gasteiger partial charge in [0.25, 0.3) is 0 Å². The van der Waals surface area contributed by atoms with E-state index in [4.69, 9.17) is 0 Å². The molecule has 0 atom stereocenters. The van der Waals surface area contributed by atoms with Crippen LogP contribution >= 0.6 is 0 Å². The van der Waals surface area contributed by atoms with Gasteiger partial charge >= 0.3 is 0 Å². The molecule has 0 bridgehead atoms. The number of imidazole rings is 1. The molecule has 0 aromatic carbocycles. The number of hydrogen-bond acceptors (Lipinski definition) is 2. The zero-order valence-electron chi connectivity index (χ0n) is 10.9. The van der Waals surface area contributed by atoms with Gasteiger partial charge in [0.2, 0.25) is 0 Å². The first-order valence-electron chi connectivity index (χ1n) is 6.69. The molecule has 1 aromatic rings. The summed E-state index contributed by atoms with van der Waals surface area (Å²) in [5.41, 5.74) is 1.75. The number of carbonyl (C=O) groups is 1. The highest BCUT2D eigenvalue weighted by Gasteiger charge is 2.16. The average Bonchev–Trinajstić information content (AvgIpc) is 2.63. The van der Waals surface area contributed by atoms with Crippen LogP contribution in [0.15, 0.2) is 0 Å². The van der Waals surface area contributed by atoms with E-state index in [-0.39, 0.29) is 0 Å². The Morgan fingerprint density at radius 1 is 1.35 bits per heavy atom. The van der Waals surface area contributed by atoms with E-state index in [1.807, 2.05) is 18.5 Å². The zero-order chi connectivity index (χ0) is 12.3. The van der Waals surface area contributed by atoms with E-state index in [2.05, 4.69) is 4.98 Å². The molecule has 0 N–H and O–H groups in total. The molecule has 3 heteroatoms. The SMILES string of the molecule is Cc1nc(CCC2CCCCC2)c(C=O)n1C. The van der Waals surface area contributed by atoms with Crippen LogP contribution in [0.1, 0.15) is 60.5 Å². The van der Waals surface area contributed by atoms with Crippen LogP contribution in [0.3, 0.4) is 0 Å². The van der Waals surface area contributed by atoms with Gasteiger partial charge in [-0.25, -0.2) is 4.98 Å². The lowest BCUT2D eigenvalue weighted by Crippen LogP contribution is -2.08. The average molecular weight is 234 g/mol. The van der Waals surface area contributed by atoms with E-state index in [0.29, 0.717) is 0 Å². The number of hydrogen-bond donors (Lipinski definition) is 0. The Balaban J connectivity index is 1.98. The monoisotopic (exact) mass is 234 g/mol. The first-order valence-corrected chi connectivity index (χ1v) is 6.69. The molecule has 0 saturated heterocycles. The summed E-state index contributed by atoms with van der Waals surface area (Å²) in [4.78, 5) is 15.5. The second-order valence-corrected chi connectivity index (χ2v) is 5.21. The fraction of sp³-hybridized carbons (Fsp3) is 0.714. The molecule has 3 nitrogen and oxygen atoms in total. The van der Waals surface area contributed by atoms with Crippen LogP contribution in [-0.4, -0.2) is 15.8 Å². The van der Waals surface area contributed by atoms with Crippen molar-refractivity contribution < 1.29 is 4.79 Å². The van der Waals surface area contributed by atoms with Crippen LogP contribution in [0.5, 0.6) is 0 Å². The van der Waals surface area contributed by atoms with Crippen molar-refractivity contribution >= 4 is 6.29 Å². The number of aromatic nitrogens is 2. The lowest BCUT2D eigenvalue weighted by molar-refractivity contribution is 0.111. The van der Waals surface area contributed by atoms with Crippen LogP contribution in [0.4, 0.5) is 0 Å². The maximum absolute atomic E-state index is 11.1. The smallest absolute Gasteiger partial charge is 0.168 e. The van der Waals surface area contributed by atoms with Gasteiger partial charge in [-0.05, 0) is 25.7 Å². The molecule has 1 heterocycles. The molecule has 2 rings (SSSR count). The van der Waals surface area contributed by atoms with Crippen LogP contribution in [0.2, 0.25) is 0 Å². The first-order chi connectivity index (χ1) is 8.22. The normalized spacial score (nSPS) is 17.3. The predicted molar refractivity (Wildman–Crippen MR) is 68.2 cm³/mol. The molecular weight excluding hydrogens is 212 g/mol. The molecule has 0 amide bonds. The lowest BCUT2D eigenvalue weighted by atomic mass is 9.86. The zero-order valence-corrected chi connectivity index (χ0v) is 10.9. The van der Waals surface area contributed by atoms with Gasteiger partial charge in [0.15, 0.2) is 6.29 Å². The van der Waals surface area contributed by atoms with Crippen molar-refractivity contribution in [2.24, 2.45) is 13.0 Å². The van der Waals surface area contributed by atoms with Crippen molar-refractivity contribution in [2.75, 3.05) is 0 Å². The molecule has 0 unspecified atom stereocenters. The van der Waals surface area contributed by atoms with Crippen LogP contribution in [-0.2, 0) is 13.5 Å². The Morgan fingerprint density at radius 2 is 2.06 bits per heavy atom. The summed E-state index contributed by atoms with van der Waals surface area (Å²) in [6, 6.07) is 0. The second kappa shape index (κ2) is 5.48. The fourth-order valence-electron chi connectivity index (χ4n) is 2.84. The topological polar surface area (TPSA) is 34.9 Å². The van der Waals surface area contributed by atoms with Gasteiger partial charge in [0.1, 0.15) is 11.5 Å². The van der Waals surface area contributed by atoms with Gasteiger partial charge in [0, 0.05) is 7.05 Å². The first kappa shape index (κ1) is 12.3. The summed E-state index contributed by atoms with van der Waals surface area (Å²) in [7, 11) is 1.91. The minimum Gasteiger partial charge on any atom is -0.329 e. The van der Waals surface area contributed by atoms with Crippen molar-refractivity contribution in [3.8, 4) is 0 Å². The van der Waals surface area contributed by atoms with Crippen LogP contribution in [0.25, 0.3) is 0 Å². The molecule has 0 aliphatic heterocycles. The molecule has 1 aliphatic rings. The van der Waals surface area contributed by atoms with Gasteiger partial charge < -0.3 is 4.57 Å². The van der Waals surface area contributed by atoms with Gasteiger partial charge in [-0.15, -0.1) is 0 Å². The van der Waals surface area contributed by atoms with Gasteiger partial charge in [-0.3, -0.25) is 4.79 Å². The van der Waals surface area contributed by atoms with Crippen molar-refractivity contribution in [2.45, 2.75) is 51.9 Å². The highest BCUT2D eigenvalue weighted by molar-refractivity contribution is 5.74. The molecule has 1 fully saturated rings. The van der Waals surface area contributed by atoms with E-state index in [1.54, 1.807) is 0 Å². The molecule has 17 heavy (non-hydrogen) atoms. The van der Waals surface area contributed by atoms with Crippen molar-refractivity contribution in [1.82, 2.24) is 9.55 Å². The van der Waals surface area contributed by atoms with E-state index in [1.165, 1.54) is 38.5 Å². The number of nitrogens with zero attached hydrogens (tertiary/aromatic N) is 2. The van der Waals surface area contributed by atoms with Crippen molar-refractivity contribution in [1.29, 1.82) is 0 Å². The lowest BCUT2D eigenvalue weighted by Gasteiger charge is -2.20. The van der Waals surface area contributed by atoms with E-state index in [9.17, 15) is 4.79 Å². The fourth-order valence-corrected chi connectivity index (χ4v) is 2.84.